The first-order valence-corrected chi connectivity index (χ1v) is 11.6. The number of nitrogens with zero attached hydrogens (tertiary/aromatic N) is 4. The van der Waals surface area contributed by atoms with Crippen LogP contribution in [0.1, 0.15) is 42.6 Å². The lowest BCUT2D eigenvalue weighted by atomic mass is 10.0. The largest absolute Gasteiger partial charge is 0.389 e. The van der Waals surface area contributed by atoms with Crippen molar-refractivity contribution in [2.45, 2.75) is 45.3 Å². The zero-order valence-electron chi connectivity index (χ0n) is 20.0. The third-order valence-electron chi connectivity index (χ3n) is 6.06. The van der Waals surface area contributed by atoms with Crippen LogP contribution in [0, 0.1) is 6.92 Å². The fourth-order valence-electron chi connectivity index (χ4n) is 4.03. The van der Waals surface area contributed by atoms with Gasteiger partial charge in [-0.15, -0.1) is 0 Å². The van der Waals surface area contributed by atoms with E-state index in [1.165, 1.54) is 0 Å². The Kier molecular flexibility index (Phi) is 5.40. The Morgan fingerprint density at radius 2 is 2.00 bits per heavy atom. The number of hydrogen-bond donors (Lipinski definition) is 3. The summed E-state index contributed by atoms with van der Waals surface area (Å²) in [5.74, 6) is -0.0214. The highest BCUT2D eigenvalue weighted by Crippen LogP contribution is 2.30. The molecule has 3 N–H and O–H groups in total. The minimum atomic E-state index is -0.880. The second kappa shape index (κ2) is 8.29. The molecule has 3 heterocycles. The van der Waals surface area contributed by atoms with Crippen molar-refractivity contribution in [3.63, 3.8) is 0 Å². The van der Waals surface area contributed by atoms with Gasteiger partial charge in [-0.25, -0.2) is 9.50 Å². The van der Waals surface area contributed by atoms with Gasteiger partial charge in [0.15, 0.2) is 5.65 Å². The van der Waals surface area contributed by atoms with Crippen LogP contribution in [0.25, 0.3) is 28.3 Å². The molecule has 1 aliphatic rings. The van der Waals surface area contributed by atoms with Crippen molar-refractivity contribution in [3.8, 4) is 22.6 Å². The van der Waals surface area contributed by atoms with Gasteiger partial charge in [-0.1, -0.05) is 6.07 Å². The highest BCUT2D eigenvalue weighted by atomic mass is 16.3. The van der Waals surface area contributed by atoms with Gasteiger partial charge in [0, 0.05) is 37.0 Å². The van der Waals surface area contributed by atoms with E-state index in [9.17, 15) is 9.90 Å². The van der Waals surface area contributed by atoms with Gasteiger partial charge in [-0.3, -0.25) is 4.79 Å². The summed E-state index contributed by atoms with van der Waals surface area (Å²) in [5, 5.41) is 21.6. The smallest absolute Gasteiger partial charge is 0.251 e. The Morgan fingerprint density at radius 1 is 1.21 bits per heavy atom. The van der Waals surface area contributed by atoms with Crippen LogP contribution in [0.5, 0.6) is 0 Å². The quantitative estimate of drug-likeness (QED) is 0.392. The summed E-state index contributed by atoms with van der Waals surface area (Å²) in [6.07, 6.45) is 5.90. The second-order valence-corrected chi connectivity index (χ2v) is 9.77. The Bertz CT molecular complexity index is 1370. The number of imidazole rings is 1. The number of fused-ring (bicyclic) bond motifs is 1. The molecule has 176 valence electrons. The predicted molar refractivity (Wildman–Crippen MR) is 133 cm³/mol. The fourth-order valence-corrected chi connectivity index (χ4v) is 4.03. The molecule has 0 atom stereocenters. The number of hydrogen-bond acceptors (Lipinski definition) is 5. The van der Waals surface area contributed by atoms with Crippen molar-refractivity contribution >= 4 is 17.2 Å². The van der Waals surface area contributed by atoms with Crippen molar-refractivity contribution in [1.29, 1.82) is 0 Å². The summed E-state index contributed by atoms with van der Waals surface area (Å²) in [5.41, 5.74) is 5.69. The first-order valence-electron chi connectivity index (χ1n) is 11.6. The van der Waals surface area contributed by atoms with Crippen LogP contribution in [0.4, 0.5) is 5.69 Å². The molecule has 4 aromatic rings. The van der Waals surface area contributed by atoms with Crippen LogP contribution in [0.2, 0.25) is 0 Å². The van der Waals surface area contributed by atoms with Crippen molar-refractivity contribution in [2.24, 2.45) is 7.05 Å². The van der Waals surface area contributed by atoms with E-state index in [1.54, 1.807) is 20.0 Å². The predicted octanol–water partition coefficient (Wildman–Crippen LogP) is 3.79. The average Bonchev–Trinajstić information content (AvgIpc) is 3.31. The minimum absolute atomic E-state index is 0.0214. The molecular formula is C26H30N6O2. The van der Waals surface area contributed by atoms with Gasteiger partial charge in [0.25, 0.3) is 5.91 Å². The molecule has 0 spiro atoms. The molecule has 3 aromatic heterocycles. The highest BCUT2D eigenvalue weighted by Gasteiger charge is 2.25. The average molecular weight is 459 g/mol. The number of aliphatic hydroxyl groups is 1. The number of carbonyl (C=O) groups excluding carboxylic acids is 1. The summed E-state index contributed by atoms with van der Waals surface area (Å²) in [6, 6.07) is 12.1. The van der Waals surface area contributed by atoms with E-state index in [2.05, 4.69) is 15.6 Å². The van der Waals surface area contributed by atoms with Gasteiger partial charge in [0.05, 0.1) is 28.9 Å². The number of benzene rings is 1. The monoisotopic (exact) mass is 458 g/mol. The molecule has 1 fully saturated rings. The molecule has 1 aromatic carbocycles. The number of rotatable bonds is 7. The number of aryl methyl sites for hydroxylation is 2. The maximum atomic E-state index is 12.6. The van der Waals surface area contributed by atoms with E-state index in [0.29, 0.717) is 23.8 Å². The molecule has 8 heteroatoms. The summed E-state index contributed by atoms with van der Waals surface area (Å²) >= 11 is 0. The van der Waals surface area contributed by atoms with Gasteiger partial charge < -0.3 is 20.3 Å². The molecule has 5 rings (SSSR count). The van der Waals surface area contributed by atoms with E-state index in [-0.39, 0.29) is 5.91 Å². The topological polar surface area (TPSA) is 96.5 Å². The van der Waals surface area contributed by atoms with Gasteiger partial charge in [-0.05, 0) is 69.5 Å². The Labute approximate surface area is 198 Å². The first-order chi connectivity index (χ1) is 16.2. The van der Waals surface area contributed by atoms with Crippen molar-refractivity contribution in [2.75, 3.05) is 11.9 Å². The van der Waals surface area contributed by atoms with Gasteiger partial charge in [0.1, 0.15) is 5.69 Å². The highest BCUT2D eigenvalue weighted by molar-refractivity contribution is 5.96. The van der Waals surface area contributed by atoms with Crippen molar-refractivity contribution in [1.82, 2.24) is 24.5 Å². The summed E-state index contributed by atoms with van der Waals surface area (Å²) in [6.45, 7) is 5.84. The summed E-state index contributed by atoms with van der Waals surface area (Å²) < 4.78 is 3.84. The molecule has 34 heavy (non-hydrogen) atoms. The molecule has 0 unspecified atom stereocenters. The Hall–Kier alpha value is -3.65. The number of anilines is 1. The molecule has 0 aliphatic heterocycles. The standard InChI is InChI=1S/C26H30N6O2/c1-16-12-17(7-10-19(16)25(33)29-18-8-9-18)23-14-27-24-21(28-15-26(2,3)34)13-20(30-32(23)24)22-6-5-11-31(22)4/h5-7,10-14,18,28,34H,8-9,15H2,1-4H3,(H,29,33). The van der Waals surface area contributed by atoms with Crippen LogP contribution in [-0.4, -0.2) is 48.4 Å². The normalized spacial score (nSPS) is 13.9. The van der Waals surface area contributed by atoms with Crippen molar-refractivity contribution in [3.05, 3.63) is 59.9 Å². The van der Waals surface area contributed by atoms with Crippen LogP contribution in [-0.2, 0) is 7.05 Å². The molecular weight excluding hydrogens is 428 g/mol. The number of amides is 1. The molecule has 0 bridgehead atoms. The fraction of sp³-hybridized carbons (Fsp3) is 0.346. The van der Waals surface area contributed by atoms with E-state index in [1.807, 2.05) is 65.6 Å². The first kappa shape index (κ1) is 22.2. The molecule has 1 saturated carbocycles. The van der Waals surface area contributed by atoms with E-state index >= 15 is 0 Å². The van der Waals surface area contributed by atoms with Crippen LogP contribution in [0.3, 0.4) is 0 Å². The van der Waals surface area contributed by atoms with E-state index in [0.717, 1.165) is 46.7 Å². The van der Waals surface area contributed by atoms with Crippen LogP contribution in [0.15, 0.2) is 48.8 Å². The van der Waals surface area contributed by atoms with Crippen LogP contribution < -0.4 is 10.6 Å². The van der Waals surface area contributed by atoms with Gasteiger partial charge >= 0.3 is 0 Å². The molecule has 8 nitrogen and oxygen atoms in total. The lowest BCUT2D eigenvalue weighted by molar-refractivity contribution is 0.0940. The Balaban J connectivity index is 1.58. The molecule has 0 saturated heterocycles. The zero-order chi connectivity index (χ0) is 24.0. The molecule has 1 aliphatic carbocycles. The van der Waals surface area contributed by atoms with Gasteiger partial charge in [-0.2, -0.15) is 5.10 Å². The SMILES string of the molecule is Cc1cc(-c2cnc3c(NCC(C)(C)O)cc(-c4cccn4C)nn23)ccc1C(=O)NC1CC1. The second-order valence-electron chi connectivity index (χ2n) is 9.77. The molecule has 0 radical (unpaired) electrons. The van der Waals surface area contributed by atoms with E-state index in [4.69, 9.17) is 5.10 Å². The third kappa shape index (κ3) is 4.41. The number of carbonyl (C=O) groups is 1. The minimum Gasteiger partial charge on any atom is -0.389 e. The van der Waals surface area contributed by atoms with Crippen LogP contribution >= 0.6 is 0 Å². The third-order valence-corrected chi connectivity index (χ3v) is 6.06. The lowest BCUT2D eigenvalue weighted by Gasteiger charge is -2.19. The summed E-state index contributed by atoms with van der Waals surface area (Å²) in [7, 11) is 1.98. The number of aromatic nitrogens is 4. The van der Waals surface area contributed by atoms with E-state index < -0.39 is 5.60 Å². The number of nitrogens with one attached hydrogen (secondary N) is 2. The Morgan fingerprint density at radius 3 is 2.65 bits per heavy atom. The maximum Gasteiger partial charge on any atom is 0.251 e. The molecule has 1 amide bonds. The summed E-state index contributed by atoms with van der Waals surface area (Å²) in [4.78, 5) is 17.2. The van der Waals surface area contributed by atoms with Gasteiger partial charge in [0.2, 0.25) is 0 Å². The lowest BCUT2D eigenvalue weighted by Crippen LogP contribution is -2.29. The maximum absolute atomic E-state index is 12.6. The zero-order valence-corrected chi connectivity index (χ0v) is 20.0. The van der Waals surface area contributed by atoms with Crippen molar-refractivity contribution < 1.29 is 9.90 Å².